The summed E-state index contributed by atoms with van der Waals surface area (Å²) in [4.78, 5) is 4.67. The molecule has 0 amide bonds. The van der Waals surface area contributed by atoms with Gasteiger partial charge in [-0.1, -0.05) is 18.2 Å². The molecule has 1 aromatic heterocycles. The number of hydrogen-bond donors (Lipinski definition) is 1. The summed E-state index contributed by atoms with van der Waals surface area (Å²) in [6, 6.07) is 8.40. The highest BCUT2D eigenvalue weighted by atomic mass is 32.2. The molecule has 2 nitrogen and oxygen atoms in total. The number of nitrogens with zero attached hydrogens (tertiary/aromatic N) is 1. The van der Waals surface area contributed by atoms with E-state index in [1.54, 1.807) is 0 Å². The Bertz CT molecular complexity index is 617. The first-order valence-electron chi connectivity index (χ1n) is 6.80. The fourth-order valence-electron chi connectivity index (χ4n) is 2.50. The third-order valence-corrected chi connectivity index (χ3v) is 5.63. The third-order valence-electron chi connectivity index (χ3n) is 4.21. The normalized spacial score (nSPS) is 16.6. The van der Waals surface area contributed by atoms with Crippen molar-refractivity contribution < 1.29 is 0 Å². The van der Waals surface area contributed by atoms with Gasteiger partial charge in [0.25, 0.3) is 0 Å². The zero-order chi connectivity index (χ0) is 13.5. The second-order valence-corrected chi connectivity index (χ2v) is 6.73. The lowest BCUT2D eigenvalue weighted by Crippen LogP contribution is -2.18. The maximum Gasteiger partial charge on any atom is 0.0726 e. The monoisotopic (exact) mass is 272 g/mol. The number of benzene rings is 1. The van der Waals surface area contributed by atoms with Gasteiger partial charge in [-0.3, -0.25) is 4.98 Å². The predicted molar refractivity (Wildman–Crippen MR) is 85.2 cm³/mol. The first-order valence-corrected chi connectivity index (χ1v) is 8.03. The van der Waals surface area contributed by atoms with Crippen LogP contribution in [0.25, 0.3) is 10.9 Å². The van der Waals surface area contributed by atoms with Crippen LogP contribution in [0.5, 0.6) is 0 Å². The van der Waals surface area contributed by atoms with Crippen molar-refractivity contribution in [1.29, 1.82) is 0 Å². The lowest BCUT2D eigenvalue weighted by molar-refractivity contribution is 0.947. The number of hydrogen-bond acceptors (Lipinski definition) is 3. The third kappa shape index (κ3) is 2.32. The summed E-state index contributed by atoms with van der Waals surface area (Å²) in [6.07, 6.45) is 4.89. The number of aromatic nitrogens is 1. The van der Waals surface area contributed by atoms with Gasteiger partial charge >= 0.3 is 0 Å². The van der Waals surface area contributed by atoms with Crippen molar-refractivity contribution in [2.24, 2.45) is 0 Å². The summed E-state index contributed by atoms with van der Waals surface area (Å²) in [5.41, 5.74) is 4.75. The van der Waals surface area contributed by atoms with Gasteiger partial charge in [0.05, 0.1) is 5.52 Å². The fraction of sp³-hybridized carbons (Fsp3) is 0.438. The standard InChI is InChI=1S/C16H20N2S/c1-11-12(2)18-14-7-5-4-6-13(14)15(11)17-10-16(19-3)8-9-16/h4-7H,8-10H2,1-3H3,(H,17,18). The molecule has 0 spiro atoms. The Hall–Kier alpha value is -1.22. The first kappa shape index (κ1) is 12.8. The largest absolute Gasteiger partial charge is 0.383 e. The molecule has 0 saturated heterocycles. The zero-order valence-corrected chi connectivity index (χ0v) is 12.6. The molecule has 19 heavy (non-hydrogen) atoms. The molecule has 0 aliphatic heterocycles. The van der Waals surface area contributed by atoms with Crippen molar-refractivity contribution >= 4 is 28.4 Å². The number of aryl methyl sites for hydroxylation is 1. The van der Waals surface area contributed by atoms with Gasteiger partial charge in [-0.05, 0) is 44.6 Å². The number of rotatable bonds is 4. The van der Waals surface area contributed by atoms with E-state index in [9.17, 15) is 0 Å². The average molecular weight is 272 g/mol. The Labute approximate surface area is 119 Å². The Morgan fingerprint density at radius 1 is 1.26 bits per heavy atom. The molecule has 100 valence electrons. The molecule has 0 radical (unpaired) electrons. The molecule has 2 aromatic rings. The molecule has 1 aromatic carbocycles. The molecule has 1 aliphatic carbocycles. The highest BCUT2D eigenvalue weighted by molar-refractivity contribution is 8.00. The van der Waals surface area contributed by atoms with E-state index in [0.29, 0.717) is 4.75 Å². The van der Waals surface area contributed by atoms with Gasteiger partial charge in [0.15, 0.2) is 0 Å². The van der Waals surface area contributed by atoms with E-state index in [1.807, 2.05) is 11.8 Å². The molecule has 0 unspecified atom stereocenters. The van der Waals surface area contributed by atoms with Crippen molar-refractivity contribution in [2.75, 3.05) is 18.1 Å². The van der Waals surface area contributed by atoms with Gasteiger partial charge in [0.1, 0.15) is 0 Å². The van der Waals surface area contributed by atoms with E-state index < -0.39 is 0 Å². The summed E-state index contributed by atoms with van der Waals surface area (Å²) < 4.78 is 0.477. The van der Waals surface area contributed by atoms with Crippen molar-refractivity contribution in [2.45, 2.75) is 31.4 Å². The van der Waals surface area contributed by atoms with Gasteiger partial charge in [-0.2, -0.15) is 11.8 Å². The van der Waals surface area contributed by atoms with Crippen LogP contribution in [-0.2, 0) is 0 Å². The van der Waals surface area contributed by atoms with Crippen LogP contribution in [0.4, 0.5) is 5.69 Å². The summed E-state index contributed by atoms with van der Waals surface area (Å²) >= 11 is 1.99. The van der Waals surface area contributed by atoms with Crippen molar-refractivity contribution in [1.82, 2.24) is 4.98 Å². The molecule has 0 atom stereocenters. The molecule has 1 N–H and O–H groups in total. The highest BCUT2D eigenvalue weighted by Crippen LogP contribution is 2.47. The molecular weight excluding hydrogens is 252 g/mol. The smallest absolute Gasteiger partial charge is 0.0726 e. The van der Waals surface area contributed by atoms with E-state index in [0.717, 1.165) is 17.8 Å². The van der Waals surface area contributed by atoms with Crippen molar-refractivity contribution in [3.05, 3.63) is 35.5 Å². The summed E-state index contributed by atoms with van der Waals surface area (Å²) in [5.74, 6) is 0. The second-order valence-electron chi connectivity index (χ2n) is 5.46. The quantitative estimate of drug-likeness (QED) is 0.904. The van der Waals surface area contributed by atoms with E-state index in [4.69, 9.17) is 0 Å². The van der Waals surface area contributed by atoms with E-state index in [-0.39, 0.29) is 0 Å². The van der Waals surface area contributed by atoms with Crippen LogP contribution in [-0.4, -0.2) is 22.5 Å². The van der Waals surface area contributed by atoms with Crippen LogP contribution in [0.2, 0.25) is 0 Å². The van der Waals surface area contributed by atoms with Gasteiger partial charge in [0.2, 0.25) is 0 Å². The van der Waals surface area contributed by atoms with E-state index in [2.05, 4.69) is 54.7 Å². The van der Waals surface area contributed by atoms with Gasteiger partial charge in [-0.15, -0.1) is 0 Å². The molecular formula is C16H20N2S. The Kier molecular flexibility index (Phi) is 3.17. The van der Waals surface area contributed by atoms with Crippen LogP contribution < -0.4 is 5.32 Å². The lowest BCUT2D eigenvalue weighted by atomic mass is 10.1. The highest BCUT2D eigenvalue weighted by Gasteiger charge is 2.41. The fourth-order valence-corrected chi connectivity index (χ4v) is 3.23. The topological polar surface area (TPSA) is 24.9 Å². The number of pyridine rings is 1. The van der Waals surface area contributed by atoms with Crippen LogP contribution >= 0.6 is 11.8 Å². The first-order chi connectivity index (χ1) is 9.15. The van der Waals surface area contributed by atoms with Gasteiger partial charge in [-0.25, -0.2) is 0 Å². The average Bonchev–Trinajstić information content (AvgIpc) is 3.20. The number of thioether (sulfide) groups is 1. The molecule has 1 heterocycles. The number of para-hydroxylation sites is 1. The molecule has 1 saturated carbocycles. The van der Waals surface area contributed by atoms with E-state index in [1.165, 1.54) is 29.5 Å². The van der Waals surface area contributed by atoms with Crippen LogP contribution in [0.1, 0.15) is 24.1 Å². The minimum absolute atomic E-state index is 0.477. The van der Waals surface area contributed by atoms with Gasteiger partial charge in [0, 0.05) is 28.1 Å². The van der Waals surface area contributed by atoms with Crippen molar-refractivity contribution in [3.63, 3.8) is 0 Å². The second kappa shape index (κ2) is 4.71. The molecule has 3 rings (SSSR count). The van der Waals surface area contributed by atoms with Crippen LogP contribution in [0.15, 0.2) is 24.3 Å². The summed E-state index contributed by atoms with van der Waals surface area (Å²) in [7, 11) is 0. The molecule has 3 heteroatoms. The van der Waals surface area contributed by atoms with Gasteiger partial charge < -0.3 is 5.32 Å². The molecule has 1 aliphatic rings. The van der Waals surface area contributed by atoms with Crippen LogP contribution in [0.3, 0.4) is 0 Å². The van der Waals surface area contributed by atoms with Crippen LogP contribution in [0, 0.1) is 13.8 Å². The number of anilines is 1. The Balaban J connectivity index is 1.99. The van der Waals surface area contributed by atoms with E-state index >= 15 is 0 Å². The SMILES string of the molecule is CSC1(CNc2c(C)c(C)nc3ccccc23)CC1. The zero-order valence-electron chi connectivity index (χ0n) is 11.8. The predicted octanol–water partition coefficient (Wildman–Crippen LogP) is 4.16. The minimum Gasteiger partial charge on any atom is -0.383 e. The summed E-state index contributed by atoms with van der Waals surface area (Å²) in [6.45, 7) is 5.31. The number of fused-ring (bicyclic) bond motifs is 1. The maximum atomic E-state index is 4.67. The minimum atomic E-state index is 0.477. The lowest BCUT2D eigenvalue weighted by Gasteiger charge is -2.18. The maximum absolute atomic E-state index is 4.67. The summed E-state index contributed by atoms with van der Waals surface area (Å²) in [5, 5.41) is 4.93. The number of nitrogens with one attached hydrogen (secondary N) is 1. The molecule has 1 fully saturated rings. The molecule has 0 bridgehead atoms. The Morgan fingerprint density at radius 2 is 2.00 bits per heavy atom. The van der Waals surface area contributed by atoms with Crippen molar-refractivity contribution in [3.8, 4) is 0 Å². The Morgan fingerprint density at radius 3 is 2.68 bits per heavy atom.